The Hall–Kier alpha value is -4.34. The Kier molecular flexibility index (Phi) is 5.11. The number of allylic oxidation sites excluding steroid dienone is 2. The molecule has 38 heavy (non-hydrogen) atoms. The van der Waals surface area contributed by atoms with Crippen molar-refractivity contribution in [1.29, 1.82) is 0 Å². The van der Waals surface area contributed by atoms with Crippen LogP contribution in [0.5, 0.6) is 5.75 Å². The summed E-state index contributed by atoms with van der Waals surface area (Å²) in [5.74, 6) is -8.35. The Morgan fingerprint density at radius 1 is 1.00 bits per heavy atom. The molecule has 6 atom stereocenters. The van der Waals surface area contributed by atoms with Gasteiger partial charge in [-0.25, -0.2) is 14.1 Å². The summed E-state index contributed by atoms with van der Waals surface area (Å²) < 4.78 is 14.6. The summed E-state index contributed by atoms with van der Waals surface area (Å²) in [4.78, 5) is 67.7. The van der Waals surface area contributed by atoms with E-state index in [9.17, 15) is 33.5 Å². The number of urea groups is 1. The summed E-state index contributed by atoms with van der Waals surface area (Å²) in [5, 5.41) is 10.8. The quantitative estimate of drug-likeness (QED) is 0.464. The van der Waals surface area contributed by atoms with E-state index in [0.717, 1.165) is 11.0 Å². The van der Waals surface area contributed by atoms with Gasteiger partial charge in [0.1, 0.15) is 0 Å². The number of anilines is 1. The van der Waals surface area contributed by atoms with Gasteiger partial charge in [0.25, 0.3) is 0 Å². The predicted octanol–water partition coefficient (Wildman–Crippen LogP) is 2.84. The molecular formula is C28H24FN3O6. The lowest BCUT2D eigenvalue weighted by molar-refractivity contribution is -0.136. The van der Waals surface area contributed by atoms with Crippen molar-refractivity contribution in [2.75, 3.05) is 4.90 Å². The van der Waals surface area contributed by atoms with E-state index in [-0.39, 0.29) is 18.4 Å². The first-order valence-corrected chi connectivity index (χ1v) is 12.4. The number of carbonyl (C=O) groups is 5. The number of imide groups is 4. The first-order valence-electron chi connectivity index (χ1n) is 12.4. The third kappa shape index (κ3) is 2.94. The van der Waals surface area contributed by atoms with Crippen molar-refractivity contribution in [3.8, 4) is 5.75 Å². The number of amides is 6. The second-order valence-electron chi connectivity index (χ2n) is 10.5. The van der Waals surface area contributed by atoms with Crippen LogP contribution < -0.4 is 10.6 Å². The zero-order chi connectivity index (χ0) is 27.1. The van der Waals surface area contributed by atoms with Gasteiger partial charge in [-0.15, -0.1) is 0 Å². The molecule has 10 heteroatoms. The highest BCUT2D eigenvalue weighted by Crippen LogP contribution is 2.64. The first kappa shape index (κ1) is 24.0. The third-order valence-electron chi connectivity index (χ3n) is 8.84. The summed E-state index contributed by atoms with van der Waals surface area (Å²) in [6.45, 7) is 1.64. The molecule has 1 saturated carbocycles. The molecule has 2 aromatic rings. The van der Waals surface area contributed by atoms with Gasteiger partial charge in [0, 0.05) is 11.5 Å². The topological polar surface area (TPSA) is 138 Å². The van der Waals surface area contributed by atoms with E-state index in [0.29, 0.717) is 16.2 Å². The van der Waals surface area contributed by atoms with Gasteiger partial charge in [-0.2, -0.15) is 4.90 Å². The SMILES string of the molecule is CC12C(=O)N(c3ccccc3)C(=O)C1CC1C(=CCC3C(=O)N(C(N)=O)C(=O)C31)C2c1cccc(F)c1O. The zero-order valence-electron chi connectivity index (χ0n) is 20.3. The number of hydrogen-bond donors (Lipinski definition) is 2. The lowest BCUT2D eigenvalue weighted by atomic mass is 9.51. The number of para-hydroxylation sites is 2. The lowest BCUT2D eigenvalue weighted by Crippen LogP contribution is -2.49. The van der Waals surface area contributed by atoms with E-state index >= 15 is 0 Å². The normalized spacial score (nSPS) is 32.2. The minimum absolute atomic E-state index is 0.0651. The van der Waals surface area contributed by atoms with Crippen molar-refractivity contribution in [1.82, 2.24) is 4.90 Å². The average molecular weight is 518 g/mol. The monoisotopic (exact) mass is 517 g/mol. The molecule has 6 amide bonds. The number of aromatic hydroxyl groups is 1. The number of fused-ring (bicyclic) bond motifs is 4. The van der Waals surface area contributed by atoms with Crippen molar-refractivity contribution in [2.45, 2.75) is 25.7 Å². The van der Waals surface area contributed by atoms with Crippen LogP contribution in [0.3, 0.4) is 0 Å². The molecule has 0 radical (unpaired) electrons. The zero-order valence-corrected chi connectivity index (χ0v) is 20.3. The summed E-state index contributed by atoms with van der Waals surface area (Å²) in [5.41, 5.74) is 4.98. The number of halogens is 1. The van der Waals surface area contributed by atoms with Gasteiger partial charge < -0.3 is 10.8 Å². The maximum atomic E-state index is 14.6. The second-order valence-corrected chi connectivity index (χ2v) is 10.5. The van der Waals surface area contributed by atoms with Crippen LogP contribution in [-0.4, -0.2) is 39.7 Å². The maximum absolute atomic E-state index is 14.6. The number of carbonyl (C=O) groups excluding carboxylic acids is 5. The first-order chi connectivity index (χ1) is 18.1. The lowest BCUT2D eigenvalue weighted by Gasteiger charge is -2.49. The minimum Gasteiger partial charge on any atom is -0.505 e. The van der Waals surface area contributed by atoms with E-state index in [2.05, 4.69) is 0 Å². The van der Waals surface area contributed by atoms with E-state index in [1.165, 1.54) is 12.1 Å². The largest absolute Gasteiger partial charge is 0.505 e. The molecule has 4 aliphatic rings. The number of primary amides is 1. The van der Waals surface area contributed by atoms with E-state index in [1.807, 2.05) is 0 Å². The van der Waals surface area contributed by atoms with E-state index < -0.39 is 76.2 Å². The van der Waals surface area contributed by atoms with Gasteiger partial charge in [0.05, 0.1) is 28.9 Å². The Bertz CT molecular complexity index is 1470. The predicted molar refractivity (Wildman–Crippen MR) is 131 cm³/mol. The molecule has 6 rings (SSSR count). The number of likely N-dealkylation sites (tertiary alicyclic amines) is 1. The fourth-order valence-corrected chi connectivity index (χ4v) is 7.16. The van der Waals surface area contributed by atoms with Gasteiger partial charge in [0.2, 0.25) is 23.6 Å². The Morgan fingerprint density at radius 3 is 2.39 bits per heavy atom. The van der Waals surface area contributed by atoms with Crippen molar-refractivity contribution >= 4 is 35.3 Å². The summed E-state index contributed by atoms with van der Waals surface area (Å²) >= 11 is 0. The van der Waals surface area contributed by atoms with Crippen LogP contribution in [0, 0.1) is 34.9 Å². The van der Waals surface area contributed by atoms with Crippen LogP contribution in [-0.2, 0) is 19.2 Å². The number of phenols is 1. The smallest absolute Gasteiger partial charge is 0.328 e. The van der Waals surface area contributed by atoms with Gasteiger partial charge in [-0.3, -0.25) is 19.2 Å². The Labute approximate surface area is 216 Å². The van der Waals surface area contributed by atoms with Crippen molar-refractivity contribution in [2.24, 2.45) is 34.8 Å². The van der Waals surface area contributed by atoms with Crippen LogP contribution in [0.15, 0.2) is 60.2 Å². The molecule has 6 unspecified atom stereocenters. The highest BCUT2D eigenvalue weighted by atomic mass is 19.1. The van der Waals surface area contributed by atoms with Gasteiger partial charge >= 0.3 is 6.03 Å². The summed E-state index contributed by atoms with van der Waals surface area (Å²) in [6.07, 6.45) is 1.90. The fourth-order valence-electron chi connectivity index (χ4n) is 7.16. The number of phenolic OH excluding ortho intramolecular Hbond substituents is 1. The molecule has 0 aromatic heterocycles. The molecular weight excluding hydrogens is 493 g/mol. The molecule has 2 heterocycles. The standard InChI is InChI=1S/C28H24FN3O6/c1-28-18(24(35)31(26(28)37)13-6-3-2-4-7-13)12-17-14(21(28)16-8-5-9-19(29)22(16)33)10-11-15-20(17)25(36)32(23(15)34)27(30)38/h2-10,15,17-18,20-21,33H,11-12H2,1H3,(H2,30,38). The van der Waals surface area contributed by atoms with Gasteiger partial charge in [-0.05, 0) is 43.9 Å². The number of hydrogen-bond acceptors (Lipinski definition) is 6. The highest BCUT2D eigenvalue weighted by Gasteiger charge is 2.68. The number of benzene rings is 2. The molecule has 9 nitrogen and oxygen atoms in total. The Morgan fingerprint density at radius 2 is 1.71 bits per heavy atom. The van der Waals surface area contributed by atoms with Gasteiger partial charge in [0.15, 0.2) is 11.6 Å². The highest BCUT2D eigenvalue weighted by molar-refractivity contribution is 6.24. The van der Waals surface area contributed by atoms with E-state index in [4.69, 9.17) is 5.73 Å². The minimum atomic E-state index is -1.41. The molecule has 2 aliphatic carbocycles. The van der Waals surface area contributed by atoms with Crippen LogP contribution in [0.1, 0.15) is 31.2 Å². The molecule has 2 saturated heterocycles. The van der Waals surface area contributed by atoms with Gasteiger partial charge in [-0.1, -0.05) is 42.0 Å². The van der Waals surface area contributed by atoms with Crippen LogP contribution >= 0.6 is 0 Å². The average Bonchev–Trinajstić information content (AvgIpc) is 3.26. The fraction of sp³-hybridized carbons (Fsp3) is 0.321. The summed E-state index contributed by atoms with van der Waals surface area (Å²) in [7, 11) is 0. The van der Waals surface area contributed by atoms with E-state index in [1.54, 1.807) is 43.3 Å². The van der Waals surface area contributed by atoms with Crippen molar-refractivity contribution < 1.29 is 33.5 Å². The van der Waals surface area contributed by atoms with Crippen LogP contribution in [0.4, 0.5) is 14.9 Å². The number of nitrogens with zero attached hydrogens (tertiary/aromatic N) is 2. The molecule has 0 spiro atoms. The number of nitrogens with two attached hydrogens (primary N) is 1. The van der Waals surface area contributed by atoms with Crippen molar-refractivity contribution in [3.63, 3.8) is 0 Å². The molecule has 194 valence electrons. The molecule has 0 bridgehead atoms. The second kappa shape index (κ2) is 8.08. The van der Waals surface area contributed by atoms with Crippen molar-refractivity contribution in [3.05, 3.63) is 71.6 Å². The molecule has 3 fully saturated rings. The summed E-state index contributed by atoms with van der Waals surface area (Å²) in [6, 6.07) is 11.3. The molecule has 2 aliphatic heterocycles. The Balaban J connectivity index is 1.55. The number of rotatable bonds is 2. The molecule has 3 N–H and O–H groups in total. The van der Waals surface area contributed by atoms with Crippen LogP contribution in [0.2, 0.25) is 0 Å². The third-order valence-corrected chi connectivity index (χ3v) is 8.84. The molecule has 2 aromatic carbocycles. The maximum Gasteiger partial charge on any atom is 0.328 e. The van der Waals surface area contributed by atoms with Crippen LogP contribution in [0.25, 0.3) is 0 Å².